The lowest BCUT2D eigenvalue weighted by Gasteiger charge is -2.11. The lowest BCUT2D eigenvalue weighted by Crippen LogP contribution is -2.16. The Hall–Kier alpha value is -4.39. The molecule has 7 heteroatoms. The van der Waals surface area contributed by atoms with Gasteiger partial charge in [-0.2, -0.15) is 0 Å². The number of ether oxygens (including phenoxy) is 1. The zero-order chi connectivity index (χ0) is 31.3. The van der Waals surface area contributed by atoms with Gasteiger partial charge in [-0.05, 0) is 32.4 Å². The highest BCUT2D eigenvalue weighted by Gasteiger charge is 2.22. The van der Waals surface area contributed by atoms with Crippen molar-refractivity contribution in [1.82, 2.24) is 15.0 Å². The van der Waals surface area contributed by atoms with Gasteiger partial charge in [0.15, 0.2) is 5.82 Å². The predicted octanol–water partition coefficient (Wildman–Crippen LogP) is 8.62. The maximum Gasteiger partial charge on any atom is 0.230 e. The maximum absolute atomic E-state index is 13.4. The summed E-state index contributed by atoms with van der Waals surface area (Å²) in [6.07, 6.45) is 12.5. The van der Waals surface area contributed by atoms with E-state index in [-0.39, 0.29) is 28.8 Å². The summed E-state index contributed by atoms with van der Waals surface area (Å²) in [5.41, 5.74) is 3.07. The van der Waals surface area contributed by atoms with Gasteiger partial charge >= 0.3 is 0 Å². The first-order valence-corrected chi connectivity index (χ1v) is 15.8. The van der Waals surface area contributed by atoms with Crippen molar-refractivity contribution in [1.29, 1.82) is 0 Å². The van der Waals surface area contributed by atoms with Crippen LogP contribution < -0.4 is 4.74 Å². The van der Waals surface area contributed by atoms with E-state index in [4.69, 9.17) is 4.74 Å². The zero-order valence-corrected chi connectivity index (χ0v) is 26.1. The molecule has 1 N–H and O–H groups in total. The van der Waals surface area contributed by atoms with Gasteiger partial charge in [-0.25, -0.2) is 15.0 Å². The van der Waals surface area contributed by atoms with E-state index < -0.39 is 11.6 Å². The van der Waals surface area contributed by atoms with Gasteiger partial charge in [0.1, 0.15) is 11.5 Å². The van der Waals surface area contributed by atoms with Crippen LogP contribution in [-0.2, 0) is 0 Å². The first kappa shape index (κ1) is 32.5. The molecule has 0 aliphatic carbocycles. The van der Waals surface area contributed by atoms with Gasteiger partial charge in [-0.15, -0.1) is 0 Å². The molecule has 0 amide bonds. The Labute approximate surface area is 260 Å². The molecule has 0 fully saturated rings. The van der Waals surface area contributed by atoms with Gasteiger partial charge in [0, 0.05) is 17.2 Å². The molecule has 7 nitrogen and oxygen atoms in total. The Morgan fingerprint density at radius 1 is 0.636 bits per heavy atom. The third kappa shape index (κ3) is 9.30. The summed E-state index contributed by atoms with van der Waals surface area (Å²) in [6.45, 7) is 6.67. The average molecular weight is 594 g/mol. The second-order valence-corrected chi connectivity index (χ2v) is 11.4. The Kier molecular flexibility index (Phi) is 12.2. The normalized spacial score (nSPS) is 11.0. The minimum absolute atomic E-state index is 0.0321. The largest absolute Gasteiger partial charge is 0.507 e. The van der Waals surface area contributed by atoms with Gasteiger partial charge in [0.2, 0.25) is 23.2 Å². The first-order valence-electron chi connectivity index (χ1n) is 15.8. The molecule has 0 aliphatic heterocycles. The summed E-state index contributed by atoms with van der Waals surface area (Å²) in [5, 5.41) is 10.9. The quantitative estimate of drug-likeness (QED) is 0.0965. The number of nitrogens with zero attached hydrogens (tertiary/aromatic N) is 3. The highest BCUT2D eigenvalue weighted by atomic mass is 16.5. The molecule has 4 rings (SSSR count). The number of hydrogen-bond acceptors (Lipinski definition) is 7. The minimum atomic E-state index is -0.442. The Bertz CT molecular complexity index is 1460. The van der Waals surface area contributed by atoms with E-state index >= 15 is 0 Å². The number of aromatic hydroxyl groups is 1. The van der Waals surface area contributed by atoms with Crippen LogP contribution in [0.25, 0.3) is 11.4 Å². The SMILES string of the molecule is CCCCCCCCCCCCOc1ccc(-c2nc(C(=O)c3ccc(C)cc3)nc(C(=O)c3ccc(C)cc3)n2)c(O)c1. The van der Waals surface area contributed by atoms with Crippen LogP contribution in [0.4, 0.5) is 0 Å². The predicted molar refractivity (Wildman–Crippen MR) is 173 cm³/mol. The molecule has 0 saturated heterocycles. The third-order valence-corrected chi connectivity index (χ3v) is 7.65. The van der Waals surface area contributed by atoms with Crippen molar-refractivity contribution >= 4 is 11.6 Å². The number of aromatic nitrogens is 3. The first-order chi connectivity index (χ1) is 21.4. The van der Waals surface area contributed by atoms with Gasteiger partial charge in [-0.3, -0.25) is 9.59 Å². The van der Waals surface area contributed by atoms with Crippen molar-refractivity contribution in [2.75, 3.05) is 6.61 Å². The molecule has 4 aromatic rings. The van der Waals surface area contributed by atoms with Crippen molar-refractivity contribution in [2.45, 2.75) is 85.0 Å². The molecule has 0 atom stereocenters. The Morgan fingerprint density at radius 2 is 1.11 bits per heavy atom. The molecule has 0 unspecified atom stereocenters. The number of phenols is 1. The summed E-state index contributed by atoms with van der Waals surface area (Å²) in [5.74, 6) is -0.776. The standard InChI is InChI=1S/C37H43N3O4/c1-4-5-6-7-8-9-10-11-12-13-24-44-30-22-23-31(32(41)25-30)35-38-36(33(42)28-18-14-26(2)15-19-28)40-37(39-35)34(43)29-20-16-27(3)17-21-29/h14-23,25,41H,4-13,24H2,1-3H3. The van der Waals surface area contributed by atoms with E-state index in [9.17, 15) is 14.7 Å². The molecule has 0 spiro atoms. The minimum Gasteiger partial charge on any atom is -0.507 e. The van der Waals surface area contributed by atoms with Crippen molar-refractivity contribution in [3.8, 4) is 22.9 Å². The molecule has 0 radical (unpaired) electrons. The number of aryl methyl sites for hydroxylation is 2. The topological polar surface area (TPSA) is 102 Å². The highest BCUT2D eigenvalue weighted by Crippen LogP contribution is 2.31. The van der Waals surface area contributed by atoms with Crippen molar-refractivity contribution in [3.63, 3.8) is 0 Å². The average Bonchev–Trinajstić information content (AvgIpc) is 3.03. The summed E-state index contributed by atoms with van der Waals surface area (Å²) in [6, 6.07) is 19.0. The monoisotopic (exact) mass is 593 g/mol. The van der Waals surface area contributed by atoms with E-state index in [1.807, 2.05) is 38.1 Å². The van der Waals surface area contributed by atoms with E-state index in [1.165, 1.54) is 57.4 Å². The van der Waals surface area contributed by atoms with Crippen molar-refractivity contribution < 1.29 is 19.4 Å². The second-order valence-electron chi connectivity index (χ2n) is 11.4. The lowest BCUT2D eigenvalue weighted by atomic mass is 10.1. The molecule has 44 heavy (non-hydrogen) atoms. The molecule has 3 aromatic carbocycles. The van der Waals surface area contributed by atoms with Crippen LogP contribution in [0.5, 0.6) is 11.5 Å². The highest BCUT2D eigenvalue weighted by molar-refractivity contribution is 6.09. The summed E-state index contributed by atoms with van der Waals surface area (Å²) in [7, 11) is 0. The molecule has 0 bridgehead atoms. The van der Waals surface area contributed by atoms with Gasteiger partial charge in [0.25, 0.3) is 0 Å². The molecule has 1 heterocycles. The maximum atomic E-state index is 13.4. The van der Waals surface area contributed by atoms with E-state index in [2.05, 4.69) is 21.9 Å². The van der Waals surface area contributed by atoms with E-state index in [0.717, 1.165) is 24.0 Å². The molecular weight excluding hydrogens is 550 g/mol. The van der Waals surface area contributed by atoms with Crippen LogP contribution in [0.15, 0.2) is 66.7 Å². The van der Waals surface area contributed by atoms with Crippen LogP contribution in [0.1, 0.15) is 115 Å². The fourth-order valence-corrected chi connectivity index (χ4v) is 4.94. The number of ketones is 2. The Morgan fingerprint density at radius 3 is 1.59 bits per heavy atom. The summed E-state index contributed by atoms with van der Waals surface area (Å²) >= 11 is 0. The summed E-state index contributed by atoms with van der Waals surface area (Å²) < 4.78 is 5.89. The zero-order valence-electron chi connectivity index (χ0n) is 26.1. The van der Waals surface area contributed by atoms with Crippen LogP contribution in [0.3, 0.4) is 0 Å². The van der Waals surface area contributed by atoms with Gasteiger partial charge in [0.05, 0.1) is 12.2 Å². The summed E-state index contributed by atoms with van der Waals surface area (Å²) in [4.78, 5) is 39.8. The number of rotatable bonds is 17. The van der Waals surface area contributed by atoms with Crippen LogP contribution in [-0.4, -0.2) is 38.2 Å². The number of benzene rings is 3. The molecule has 0 saturated carbocycles. The molecule has 1 aromatic heterocycles. The van der Waals surface area contributed by atoms with Crippen molar-refractivity contribution in [3.05, 3.63) is 101 Å². The van der Waals surface area contributed by atoms with Crippen LogP contribution >= 0.6 is 0 Å². The molecular formula is C37H43N3O4. The fourth-order valence-electron chi connectivity index (χ4n) is 4.94. The molecule has 0 aliphatic rings. The van der Waals surface area contributed by atoms with Gasteiger partial charge < -0.3 is 9.84 Å². The van der Waals surface area contributed by atoms with E-state index in [0.29, 0.717) is 23.5 Å². The van der Waals surface area contributed by atoms with E-state index in [1.54, 1.807) is 36.4 Å². The van der Waals surface area contributed by atoms with Crippen LogP contribution in [0.2, 0.25) is 0 Å². The number of phenolic OH excluding ortho intramolecular Hbond substituents is 1. The number of carbonyl (C=O) groups excluding carboxylic acids is 2. The fraction of sp³-hybridized carbons (Fsp3) is 0.378. The smallest absolute Gasteiger partial charge is 0.230 e. The number of unbranched alkanes of at least 4 members (excludes halogenated alkanes) is 9. The number of hydrogen-bond donors (Lipinski definition) is 1. The van der Waals surface area contributed by atoms with Crippen molar-refractivity contribution in [2.24, 2.45) is 0 Å². The Balaban J connectivity index is 1.46. The third-order valence-electron chi connectivity index (χ3n) is 7.65. The molecule has 230 valence electrons. The van der Waals surface area contributed by atoms with Gasteiger partial charge in [-0.1, -0.05) is 124 Å². The number of carbonyl (C=O) groups is 2. The lowest BCUT2D eigenvalue weighted by molar-refractivity contribution is 0.102. The van der Waals surface area contributed by atoms with Crippen LogP contribution in [0, 0.1) is 13.8 Å². The second kappa shape index (κ2) is 16.5.